The summed E-state index contributed by atoms with van der Waals surface area (Å²) < 4.78 is 1.01. The van der Waals surface area contributed by atoms with Crippen LogP contribution in [-0.2, 0) is 0 Å². The van der Waals surface area contributed by atoms with Crippen molar-refractivity contribution >= 4 is 21.7 Å². The molecule has 1 aromatic rings. The van der Waals surface area contributed by atoms with Crippen molar-refractivity contribution in [1.82, 2.24) is 9.80 Å². The van der Waals surface area contributed by atoms with E-state index in [2.05, 4.69) is 39.6 Å². The third-order valence-corrected chi connectivity index (χ3v) is 4.97. The number of rotatable bonds is 6. The van der Waals surface area contributed by atoms with Crippen LogP contribution in [0.5, 0.6) is 0 Å². The summed E-state index contributed by atoms with van der Waals surface area (Å²) in [5.41, 5.74) is 0.816. The Hall–Kier alpha value is -0.710. The van der Waals surface area contributed by atoms with Crippen LogP contribution in [0.4, 0.5) is 0 Å². The largest absolute Gasteiger partial charge is 0.300 e. The molecule has 0 spiro atoms. The van der Waals surface area contributed by atoms with Gasteiger partial charge in [-0.25, -0.2) is 0 Å². The molecule has 1 fully saturated rings. The van der Waals surface area contributed by atoms with Crippen LogP contribution in [0.15, 0.2) is 28.7 Å². The lowest BCUT2D eigenvalue weighted by molar-refractivity contribution is 0.0866. The monoisotopic (exact) mass is 352 g/mol. The normalized spacial score (nSPS) is 18.6. The zero-order valence-electron chi connectivity index (χ0n) is 13.0. The van der Waals surface area contributed by atoms with Gasteiger partial charge in [0.15, 0.2) is 5.78 Å². The van der Waals surface area contributed by atoms with Gasteiger partial charge in [0.05, 0.1) is 0 Å². The van der Waals surface area contributed by atoms with E-state index in [1.165, 1.54) is 6.42 Å². The SMILES string of the molecule is CCC(C)N1CCN(CCC(=O)c2ccc(Br)cc2)CC1. The van der Waals surface area contributed by atoms with Crippen molar-refractivity contribution in [3.63, 3.8) is 0 Å². The highest BCUT2D eigenvalue weighted by atomic mass is 79.9. The average molecular weight is 353 g/mol. The molecule has 21 heavy (non-hydrogen) atoms. The Labute approximate surface area is 136 Å². The van der Waals surface area contributed by atoms with Crippen molar-refractivity contribution < 1.29 is 4.79 Å². The topological polar surface area (TPSA) is 23.6 Å². The standard InChI is InChI=1S/C17H25BrN2O/c1-3-14(2)20-12-10-19(11-13-20)9-8-17(21)15-4-6-16(18)7-5-15/h4-7,14H,3,8-13H2,1-2H3. The molecule has 0 N–H and O–H groups in total. The lowest BCUT2D eigenvalue weighted by atomic mass is 10.1. The number of ketones is 1. The molecule has 0 aromatic heterocycles. The predicted octanol–water partition coefficient (Wildman–Crippen LogP) is 3.44. The minimum atomic E-state index is 0.242. The molecular weight excluding hydrogens is 328 g/mol. The van der Waals surface area contributed by atoms with Crippen molar-refractivity contribution in [2.75, 3.05) is 32.7 Å². The molecule has 0 amide bonds. The molecule has 116 valence electrons. The summed E-state index contributed by atoms with van der Waals surface area (Å²) in [5, 5.41) is 0. The summed E-state index contributed by atoms with van der Waals surface area (Å²) in [5.74, 6) is 0.242. The Morgan fingerprint density at radius 2 is 1.81 bits per heavy atom. The Balaban J connectivity index is 1.74. The second-order valence-electron chi connectivity index (χ2n) is 5.81. The van der Waals surface area contributed by atoms with E-state index in [0.29, 0.717) is 12.5 Å². The average Bonchev–Trinajstić information content (AvgIpc) is 2.53. The maximum Gasteiger partial charge on any atom is 0.164 e. The summed E-state index contributed by atoms with van der Waals surface area (Å²) >= 11 is 3.40. The maximum absolute atomic E-state index is 12.2. The molecule has 0 radical (unpaired) electrons. The molecule has 0 saturated carbocycles. The molecule has 2 rings (SSSR count). The molecule has 0 bridgehead atoms. The Morgan fingerprint density at radius 1 is 1.19 bits per heavy atom. The smallest absolute Gasteiger partial charge is 0.164 e. The fraction of sp³-hybridized carbons (Fsp3) is 0.588. The second-order valence-corrected chi connectivity index (χ2v) is 6.73. The fourth-order valence-corrected chi connectivity index (χ4v) is 2.99. The Morgan fingerprint density at radius 3 is 2.38 bits per heavy atom. The van der Waals surface area contributed by atoms with Gasteiger partial charge in [0.1, 0.15) is 0 Å². The number of Topliss-reactive ketones (excluding diaryl/α,β-unsaturated/α-hetero) is 1. The molecule has 3 nitrogen and oxygen atoms in total. The molecule has 4 heteroatoms. The fourth-order valence-electron chi connectivity index (χ4n) is 2.73. The highest BCUT2D eigenvalue weighted by Gasteiger charge is 2.20. The van der Waals surface area contributed by atoms with Crippen LogP contribution in [-0.4, -0.2) is 54.3 Å². The van der Waals surface area contributed by atoms with E-state index in [9.17, 15) is 4.79 Å². The summed E-state index contributed by atoms with van der Waals surface area (Å²) in [6.07, 6.45) is 1.83. The van der Waals surface area contributed by atoms with Gasteiger partial charge in [-0.2, -0.15) is 0 Å². The molecule has 0 aliphatic carbocycles. The second kappa shape index (κ2) is 8.06. The third kappa shape index (κ3) is 4.90. The molecule has 1 atom stereocenters. The number of hydrogen-bond acceptors (Lipinski definition) is 3. The van der Waals surface area contributed by atoms with Gasteiger partial charge in [-0.1, -0.05) is 35.0 Å². The van der Waals surface area contributed by atoms with Gasteiger partial charge in [0.2, 0.25) is 0 Å². The zero-order chi connectivity index (χ0) is 15.2. The van der Waals surface area contributed by atoms with Crippen LogP contribution in [0.3, 0.4) is 0 Å². The molecule has 1 aliphatic rings. The molecule has 1 aliphatic heterocycles. The van der Waals surface area contributed by atoms with Gasteiger partial charge in [0, 0.05) is 55.2 Å². The van der Waals surface area contributed by atoms with Crippen LogP contribution < -0.4 is 0 Å². The minimum Gasteiger partial charge on any atom is -0.300 e. The summed E-state index contributed by atoms with van der Waals surface area (Å²) in [6, 6.07) is 8.33. The highest BCUT2D eigenvalue weighted by molar-refractivity contribution is 9.10. The van der Waals surface area contributed by atoms with Crippen molar-refractivity contribution in [2.45, 2.75) is 32.7 Å². The number of nitrogens with zero attached hydrogens (tertiary/aromatic N) is 2. The van der Waals surface area contributed by atoms with E-state index in [-0.39, 0.29) is 5.78 Å². The number of hydrogen-bond donors (Lipinski definition) is 0. The summed E-state index contributed by atoms with van der Waals surface area (Å²) in [6.45, 7) is 9.84. The molecule has 1 saturated heterocycles. The molecular formula is C17H25BrN2O. The first-order valence-electron chi connectivity index (χ1n) is 7.85. The Bertz CT molecular complexity index is 452. The van der Waals surface area contributed by atoms with Gasteiger partial charge in [-0.15, -0.1) is 0 Å². The van der Waals surface area contributed by atoms with E-state index in [1.54, 1.807) is 0 Å². The first-order valence-corrected chi connectivity index (χ1v) is 8.64. The van der Waals surface area contributed by atoms with Crippen molar-refractivity contribution in [3.05, 3.63) is 34.3 Å². The van der Waals surface area contributed by atoms with Gasteiger partial charge >= 0.3 is 0 Å². The van der Waals surface area contributed by atoms with E-state index < -0.39 is 0 Å². The van der Waals surface area contributed by atoms with Crippen molar-refractivity contribution in [2.24, 2.45) is 0 Å². The lowest BCUT2D eigenvalue weighted by Crippen LogP contribution is -2.49. The Kier molecular flexibility index (Phi) is 6.40. The third-order valence-electron chi connectivity index (χ3n) is 4.44. The van der Waals surface area contributed by atoms with E-state index >= 15 is 0 Å². The van der Waals surface area contributed by atoms with Crippen molar-refractivity contribution in [3.8, 4) is 0 Å². The van der Waals surface area contributed by atoms with E-state index in [1.807, 2.05) is 24.3 Å². The lowest BCUT2D eigenvalue weighted by Gasteiger charge is -2.37. The first-order chi connectivity index (χ1) is 10.1. The number of piperazine rings is 1. The van der Waals surface area contributed by atoms with Crippen LogP contribution in [0, 0.1) is 0 Å². The molecule has 1 aromatic carbocycles. The number of carbonyl (C=O) groups excluding carboxylic acids is 1. The number of carbonyl (C=O) groups is 1. The quantitative estimate of drug-likeness (QED) is 0.732. The number of benzene rings is 1. The van der Waals surface area contributed by atoms with Crippen LogP contribution in [0.2, 0.25) is 0 Å². The van der Waals surface area contributed by atoms with Gasteiger partial charge in [0.25, 0.3) is 0 Å². The van der Waals surface area contributed by atoms with Gasteiger partial charge in [-0.05, 0) is 25.5 Å². The van der Waals surface area contributed by atoms with Crippen LogP contribution >= 0.6 is 15.9 Å². The number of halogens is 1. The van der Waals surface area contributed by atoms with Crippen LogP contribution in [0.1, 0.15) is 37.0 Å². The summed E-state index contributed by atoms with van der Waals surface area (Å²) in [7, 11) is 0. The van der Waals surface area contributed by atoms with Crippen LogP contribution in [0.25, 0.3) is 0 Å². The van der Waals surface area contributed by atoms with Gasteiger partial charge < -0.3 is 4.90 Å². The predicted molar refractivity (Wildman–Crippen MR) is 90.9 cm³/mol. The van der Waals surface area contributed by atoms with E-state index in [4.69, 9.17) is 0 Å². The highest BCUT2D eigenvalue weighted by Crippen LogP contribution is 2.13. The van der Waals surface area contributed by atoms with Crippen molar-refractivity contribution in [1.29, 1.82) is 0 Å². The summed E-state index contributed by atoms with van der Waals surface area (Å²) in [4.78, 5) is 17.1. The molecule has 1 heterocycles. The minimum absolute atomic E-state index is 0.242. The van der Waals surface area contributed by atoms with E-state index in [0.717, 1.165) is 42.8 Å². The molecule has 1 unspecified atom stereocenters. The maximum atomic E-state index is 12.2. The first kappa shape index (κ1) is 16.7. The van der Waals surface area contributed by atoms with Gasteiger partial charge in [-0.3, -0.25) is 9.69 Å². The zero-order valence-corrected chi connectivity index (χ0v) is 14.6.